The fraction of sp³-hybridized carbons (Fsp3) is 0.286. The van der Waals surface area contributed by atoms with E-state index >= 15 is 0 Å². The van der Waals surface area contributed by atoms with Crippen LogP contribution in [0.1, 0.15) is 30.4 Å². The number of carbonyl (C=O) groups excluding carboxylic acids is 1. The van der Waals surface area contributed by atoms with Gasteiger partial charge in [0, 0.05) is 25.5 Å². The van der Waals surface area contributed by atoms with Crippen molar-refractivity contribution < 1.29 is 4.79 Å². The average molecular weight is 374 g/mol. The van der Waals surface area contributed by atoms with Gasteiger partial charge in [-0.2, -0.15) is 10.3 Å². The van der Waals surface area contributed by atoms with Crippen LogP contribution in [0.2, 0.25) is 0 Å². The number of benzene rings is 1. The van der Waals surface area contributed by atoms with E-state index in [9.17, 15) is 10.1 Å². The van der Waals surface area contributed by atoms with Crippen LogP contribution in [0.4, 0.5) is 4.79 Å². The summed E-state index contributed by atoms with van der Waals surface area (Å²) in [5.74, 6) is 0.874. The molecule has 0 atom stereocenters. The van der Waals surface area contributed by atoms with Gasteiger partial charge in [0.2, 0.25) is 0 Å². The Morgan fingerprint density at radius 2 is 1.89 bits per heavy atom. The zero-order chi connectivity index (χ0) is 19.9. The Kier molecular flexibility index (Phi) is 5.98. The minimum atomic E-state index is -0.172. The van der Waals surface area contributed by atoms with Crippen molar-refractivity contribution in [3.05, 3.63) is 59.8 Å². The van der Waals surface area contributed by atoms with Crippen LogP contribution in [0.25, 0.3) is 0 Å². The number of hydrogen-bond acceptors (Lipinski definition) is 5. The molecular formula is C21H22N6O. The number of piperidine rings is 1. The Morgan fingerprint density at radius 1 is 1.14 bits per heavy atom. The van der Waals surface area contributed by atoms with Crippen molar-refractivity contribution in [1.82, 2.24) is 19.8 Å². The molecule has 0 radical (unpaired) electrons. The normalized spacial score (nSPS) is 18.0. The number of amides is 2. The Hall–Kier alpha value is -3.71. The fourth-order valence-electron chi connectivity index (χ4n) is 3.46. The fourth-order valence-corrected chi connectivity index (χ4v) is 3.46. The zero-order valence-electron chi connectivity index (χ0n) is 15.6. The molecule has 0 unspecified atom stereocenters. The first-order chi connectivity index (χ1) is 13.8. The molecule has 3 aliphatic rings. The van der Waals surface area contributed by atoms with E-state index in [1.165, 1.54) is 17.8 Å². The number of urea groups is 1. The number of hydrogen-bond donors (Lipinski definition) is 0. The summed E-state index contributed by atoms with van der Waals surface area (Å²) < 4.78 is 0. The zero-order valence-corrected chi connectivity index (χ0v) is 15.6. The summed E-state index contributed by atoms with van der Waals surface area (Å²) in [6.45, 7) is 2.22. The molecule has 7 heteroatoms. The molecule has 1 aromatic carbocycles. The maximum Gasteiger partial charge on any atom is 0.350 e. The van der Waals surface area contributed by atoms with Crippen LogP contribution in [0.3, 0.4) is 0 Å². The summed E-state index contributed by atoms with van der Waals surface area (Å²) in [4.78, 5) is 21.2. The van der Waals surface area contributed by atoms with Crippen LogP contribution in [-0.2, 0) is 6.54 Å². The van der Waals surface area contributed by atoms with Crippen molar-refractivity contribution in [3.63, 3.8) is 0 Å². The summed E-state index contributed by atoms with van der Waals surface area (Å²) in [5.41, 5.74) is 1.43. The van der Waals surface area contributed by atoms with Gasteiger partial charge in [-0.25, -0.2) is 9.79 Å². The molecule has 0 spiro atoms. The maximum absolute atomic E-state index is 13.2. The van der Waals surface area contributed by atoms with Gasteiger partial charge in [0.05, 0.1) is 24.4 Å². The van der Waals surface area contributed by atoms with E-state index in [1.54, 1.807) is 28.4 Å². The van der Waals surface area contributed by atoms with Crippen molar-refractivity contribution in [2.24, 2.45) is 4.99 Å². The van der Waals surface area contributed by atoms with Gasteiger partial charge in [0.15, 0.2) is 0 Å². The van der Waals surface area contributed by atoms with Gasteiger partial charge in [0.1, 0.15) is 12.2 Å². The molecule has 4 rings (SSSR count). The Bertz CT molecular complexity index is 872. The molecule has 0 aromatic heterocycles. The van der Waals surface area contributed by atoms with E-state index in [0.717, 1.165) is 37.3 Å². The van der Waals surface area contributed by atoms with E-state index in [2.05, 4.69) is 28.8 Å². The van der Waals surface area contributed by atoms with E-state index < -0.39 is 0 Å². The summed E-state index contributed by atoms with van der Waals surface area (Å²) in [6, 6.07) is 9.46. The lowest BCUT2D eigenvalue weighted by molar-refractivity contribution is 0.0858. The summed E-state index contributed by atoms with van der Waals surface area (Å²) in [6.07, 6.45) is 18.4. The molecule has 1 aromatic rings. The Morgan fingerprint density at radius 3 is 2.64 bits per heavy atom. The van der Waals surface area contributed by atoms with Gasteiger partial charge in [-0.1, -0.05) is 18.2 Å². The number of hydrazine groups is 1. The highest BCUT2D eigenvalue weighted by molar-refractivity contribution is 5.88. The first-order valence-corrected chi connectivity index (χ1v) is 9.15. The van der Waals surface area contributed by atoms with Crippen molar-refractivity contribution in [3.8, 4) is 18.9 Å². The van der Waals surface area contributed by atoms with Gasteiger partial charge < -0.3 is 4.90 Å². The second-order valence-electron chi connectivity index (χ2n) is 6.46. The summed E-state index contributed by atoms with van der Waals surface area (Å²) in [7, 11) is 0. The van der Waals surface area contributed by atoms with Crippen LogP contribution in [0, 0.1) is 24.2 Å². The van der Waals surface area contributed by atoms with Gasteiger partial charge in [-0.05, 0) is 30.9 Å². The Labute approximate surface area is 165 Å². The predicted octanol–water partition coefficient (Wildman–Crippen LogP) is 3.06. The number of likely N-dealkylation sites (tertiary alicyclic amines) is 1. The van der Waals surface area contributed by atoms with Crippen LogP contribution in [0.15, 0.2) is 53.7 Å². The number of aliphatic imine (C=N–C) groups is 1. The van der Waals surface area contributed by atoms with Crippen molar-refractivity contribution in [2.75, 3.05) is 13.1 Å². The molecular weight excluding hydrogens is 352 g/mol. The highest BCUT2D eigenvalue weighted by atomic mass is 16.2. The molecule has 0 bridgehead atoms. The third kappa shape index (κ3) is 3.70. The molecule has 1 saturated heterocycles. The number of fused-ring (bicyclic) bond motifs is 1. The van der Waals surface area contributed by atoms with Gasteiger partial charge in [0.25, 0.3) is 0 Å². The number of nitriles is 1. The Balaban J connectivity index is 0.00000109. The van der Waals surface area contributed by atoms with Crippen molar-refractivity contribution >= 4 is 12.4 Å². The van der Waals surface area contributed by atoms with Gasteiger partial charge >= 0.3 is 6.03 Å². The first-order valence-electron chi connectivity index (χ1n) is 9.15. The summed E-state index contributed by atoms with van der Waals surface area (Å²) >= 11 is 0. The monoisotopic (exact) mass is 374 g/mol. The second kappa shape index (κ2) is 8.79. The lowest BCUT2D eigenvalue weighted by Crippen LogP contribution is -2.55. The molecule has 0 saturated carbocycles. The number of terminal acetylenes is 1. The van der Waals surface area contributed by atoms with E-state index in [0.29, 0.717) is 12.1 Å². The molecule has 28 heavy (non-hydrogen) atoms. The van der Waals surface area contributed by atoms with Crippen LogP contribution in [0.5, 0.6) is 0 Å². The topological polar surface area (TPSA) is 66.2 Å². The minimum Gasteiger partial charge on any atom is -0.357 e. The molecule has 3 heterocycles. The van der Waals surface area contributed by atoms with E-state index in [4.69, 9.17) is 0 Å². The third-order valence-electron chi connectivity index (χ3n) is 4.83. The molecule has 142 valence electrons. The highest BCUT2D eigenvalue weighted by Crippen LogP contribution is 2.27. The SMILES string of the molecule is C#C.N#Cc1ccccc1CN1C(=O)N2C=NC=CN2C=C1N1CCCCC1. The van der Waals surface area contributed by atoms with E-state index in [-0.39, 0.29) is 6.03 Å². The predicted molar refractivity (Wildman–Crippen MR) is 107 cm³/mol. The number of carbonyl (C=O) groups is 1. The highest BCUT2D eigenvalue weighted by Gasteiger charge is 2.35. The third-order valence-corrected chi connectivity index (χ3v) is 4.83. The smallest absolute Gasteiger partial charge is 0.350 e. The molecule has 1 fully saturated rings. The van der Waals surface area contributed by atoms with Gasteiger partial charge in [-0.15, -0.1) is 12.8 Å². The lowest BCUT2D eigenvalue weighted by Gasteiger charge is -2.44. The van der Waals surface area contributed by atoms with Crippen molar-refractivity contribution in [2.45, 2.75) is 25.8 Å². The molecule has 3 aliphatic heterocycles. The van der Waals surface area contributed by atoms with Crippen molar-refractivity contribution in [1.29, 1.82) is 5.26 Å². The molecule has 7 nitrogen and oxygen atoms in total. The van der Waals surface area contributed by atoms with Crippen LogP contribution in [-0.4, -0.2) is 45.3 Å². The minimum absolute atomic E-state index is 0.172. The lowest BCUT2D eigenvalue weighted by atomic mass is 10.1. The second-order valence-corrected chi connectivity index (χ2v) is 6.46. The van der Waals surface area contributed by atoms with Crippen LogP contribution < -0.4 is 0 Å². The van der Waals surface area contributed by atoms with Gasteiger partial charge in [-0.3, -0.25) is 9.91 Å². The number of nitrogens with zero attached hydrogens (tertiary/aromatic N) is 6. The molecule has 2 amide bonds. The largest absolute Gasteiger partial charge is 0.357 e. The quantitative estimate of drug-likeness (QED) is 0.763. The first kappa shape index (κ1) is 19.1. The van der Waals surface area contributed by atoms with E-state index in [1.807, 2.05) is 24.4 Å². The van der Waals surface area contributed by atoms with Crippen LogP contribution >= 0.6 is 0 Å². The average Bonchev–Trinajstić information content (AvgIpc) is 2.78. The summed E-state index contributed by atoms with van der Waals surface area (Å²) in [5, 5.41) is 12.6. The molecule has 0 N–H and O–H groups in total. The molecule has 0 aliphatic carbocycles. The maximum atomic E-state index is 13.2. The number of rotatable bonds is 3. The standard InChI is InChI=1S/C19H20N6O.C2H2/c20-12-16-6-2-3-7-17(16)13-24-18(22-9-4-1-5-10-22)14-23-11-8-21-15-25(23)19(24)26;1-2/h2-3,6-8,11,14-15H,1,4-5,9-10,13H2;1-2H.